The van der Waals surface area contributed by atoms with Gasteiger partial charge in [-0.1, -0.05) is 0 Å². The van der Waals surface area contributed by atoms with Crippen molar-refractivity contribution in [2.45, 2.75) is 13.8 Å². The van der Waals surface area contributed by atoms with Gasteiger partial charge in [-0.2, -0.15) is 0 Å². The lowest BCUT2D eigenvalue weighted by Gasteiger charge is -1.98. The number of carbonyl (C=O) groups excluding carboxylic acids is 2. The van der Waals surface area contributed by atoms with E-state index in [1.807, 2.05) is 0 Å². The number of carbonyl (C=O) groups is 2. The molecular formula is C8H11NO4. The number of hydrogen-bond acceptors (Lipinski definition) is 4. The fourth-order valence-corrected chi connectivity index (χ4v) is 0.514. The minimum absolute atomic E-state index is 0.156. The zero-order valence-electron chi connectivity index (χ0n) is 7.48. The second-order valence-corrected chi connectivity index (χ2v) is 2.08. The molecule has 0 saturated carbocycles. The van der Waals surface area contributed by atoms with Crippen molar-refractivity contribution < 1.29 is 19.4 Å². The molecule has 0 atom stereocenters. The molecule has 0 aromatic rings. The van der Waals surface area contributed by atoms with Crippen molar-refractivity contribution in [3.63, 3.8) is 0 Å². The molecule has 72 valence electrons. The summed E-state index contributed by atoms with van der Waals surface area (Å²) in [7, 11) is 0. The third-order valence-electron chi connectivity index (χ3n) is 1.04. The Kier molecular flexibility index (Phi) is 5.18. The van der Waals surface area contributed by atoms with Gasteiger partial charge < -0.3 is 9.84 Å². The summed E-state index contributed by atoms with van der Waals surface area (Å²) in [6.45, 7) is 3.07. The van der Waals surface area contributed by atoms with Crippen LogP contribution in [0, 0.1) is 0 Å². The minimum Gasteiger partial charge on any atom is -0.515 e. The van der Waals surface area contributed by atoms with E-state index < -0.39 is 11.9 Å². The normalized spacial score (nSPS) is 11.7. The van der Waals surface area contributed by atoms with Crippen LogP contribution in [0.3, 0.4) is 0 Å². The Morgan fingerprint density at radius 3 is 2.54 bits per heavy atom. The van der Waals surface area contributed by atoms with Crippen LogP contribution in [0.4, 0.5) is 0 Å². The highest BCUT2D eigenvalue weighted by Gasteiger charge is 2.07. The van der Waals surface area contributed by atoms with Crippen molar-refractivity contribution >= 4 is 18.1 Å². The Balaban J connectivity index is 4.37. The molecule has 0 heterocycles. The summed E-state index contributed by atoms with van der Waals surface area (Å²) in [6, 6.07) is 0. The number of aliphatic imine (C=N–C) groups is 1. The predicted octanol–water partition coefficient (Wildman–Crippen LogP) is 0.609. The lowest BCUT2D eigenvalue weighted by molar-refractivity contribution is -0.137. The van der Waals surface area contributed by atoms with E-state index in [1.165, 1.54) is 6.92 Å². The number of hydrogen-bond donors (Lipinski definition) is 1. The highest BCUT2D eigenvalue weighted by atomic mass is 16.5. The van der Waals surface area contributed by atoms with Crippen molar-refractivity contribution in [1.29, 1.82) is 0 Å². The first-order valence-corrected chi connectivity index (χ1v) is 3.68. The zero-order valence-corrected chi connectivity index (χ0v) is 7.48. The third kappa shape index (κ3) is 4.73. The number of aliphatic hydroxyl groups is 1. The Bertz CT molecular complexity index is 255. The Hall–Kier alpha value is -1.65. The molecule has 0 saturated heterocycles. The number of nitrogens with zero attached hydrogens (tertiary/aromatic N) is 1. The van der Waals surface area contributed by atoms with Crippen LogP contribution in [-0.4, -0.2) is 29.8 Å². The summed E-state index contributed by atoms with van der Waals surface area (Å²) in [4.78, 5) is 24.6. The van der Waals surface area contributed by atoms with Crippen molar-refractivity contribution in [3.8, 4) is 0 Å². The lowest BCUT2D eigenvalue weighted by atomic mass is 10.3. The van der Waals surface area contributed by atoms with Gasteiger partial charge in [0.1, 0.15) is 5.57 Å². The summed E-state index contributed by atoms with van der Waals surface area (Å²) in [5.74, 6) is -1.17. The van der Waals surface area contributed by atoms with Gasteiger partial charge in [0.15, 0.2) is 0 Å². The molecular weight excluding hydrogens is 174 g/mol. The van der Waals surface area contributed by atoms with E-state index in [4.69, 9.17) is 5.11 Å². The topological polar surface area (TPSA) is 76.0 Å². The smallest absolute Gasteiger partial charge is 0.342 e. The van der Waals surface area contributed by atoms with Crippen LogP contribution in [-0.2, 0) is 14.3 Å². The molecule has 0 spiro atoms. The molecule has 0 rings (SSSR count). The van der Waals surface area contributed by atoms with Gasteiger partial charge in [-0.15, -0.1) is 0 Å². The number of esters is 1. The van der Waals surface area contributed by atoms with Crippen molar-refractivity contribution in [2.24, 2.45) is 4.99 Å². The van der Waals surface area contributed by atoms with Gasteiger partial charge in [0.25, 0.3) is 0 Å². The second-order valence-electron chi connectivity index (χ2n) is 2.08. The quantitative estimate of drug-likeness (QED) is 0.302. The number of aliphatic hydroxyl groups excluding tert-OH is 1. The van der Waals surface area contributed by atoms with Crippen LogP contribution in [0.1, 0.15) is 13.8 Å². The summed E-state index contributed by atoms with van der Waals surface area (Å²) in [5, 5.41) is 8.57. The SMILES string of the molecule is CCOC(=O)/C(C=NC(C)=O)=C\O. The maximum Gasteiger partial charge on any atom is 0.342 e. The maximum absolute atomic E-state index is 10.9. The average molecular weight is 185 g/mol. The first-order valence-electron chi connectivity index (χ1n) is 3.68. The van der Waals surface area contributed by atoms with E-state index in [0.717, 1.165) is 6.21 Å². The van der Waals surface area contributed by atoms with E-state index in [2.05, 4.69) is 9.73 Å². The molecule has 0 aromatic carbocycles. The summed E-state index contributed by atoms with van der Waals surface area (Å²) >= 11 is 0. The molecule has 0 fully saturated rings. The average Bonchev–Trinajstić information content (AvgIpc) is 2.05. The molecule has 0 aliphatic heterocycles. The van der Waals surface area contributed by atoms with E-state index in [-0.39, 0.29) is 12.2 Å². The molecule has 13 heavy (non-hydrogen) atoms. The van der Waals surface area contributed by atoms with E-state index in [0.29, 0.717) is 6.26 Å². The first kappa shape index (κ1) is 11.4. The molecule has 0 unspecified atom stereocenters. The first-order chi connectivity index (χ1) is 6.11. The van der Waals surface area contributed by atoms with Crippen LogP contribution in [0.15, 0.2) is 16.8 Å². The van der Waals surface area contributed by atoms with Gasteiger partial charge in [0.05, 0.1) is 12.9 Å². The Labute approximate surface area is 75.7 Å². The maximum atomic E-state index is 10.9. The molecule has 5 heteroatoms. The molecule has 0 radical (unpaired) electrons. The van der Waals surface area contributed by atoms with Gasteiger partial charge in [-0.3, -0.25) is 4.79 Å². The minimum atomic E-state index is -0.713. The number of ether oxygens (including phenoxy) is 1. The Morgan fingerprint density at radius 2 is 2.15 bits per heavy atom. The molecule has 1 N–H and O–H groups in total. The largest absolute Gasteiger partial charge is 0.515 e. The zero-order chi connectivity index (χ0) is 10.3. The van der Waals surface area contributed by atoms with Crippen LogP contribution in [0.2, 0.25) is 0 Å². The standard InChI is InChI=1S/C8H11NO4/c1-3-13-8(12)7(5-10)4-9-6(2)11/h4-5,10H,3H2,1-2H3/b7-5-,9-4?. The molecule has 0 aliphatic carbocycles. The second kappa shape index (κ2) is 5.93. The molecule has 0 aliphatic rings. The van der Waals surface area contributed by atoms with Gasteiger partial charge >= 0.3 is 5.97 Å². The van der Waals surface area contributed by atoms with E-state index in [9.17, 15) is 9.59 Å². The highest BCUT2D eigenvalue weighted by molar-refractivity contribution is 6.11. The van der Waals surface area contributed by atoms with Crippen molar-refractivity contribution in [2.75, 3.05) is 6.61 Å². The van der Waals surface area contributed by atoms with Crippen molar-refractivity contribution in [1.82, 2.24) is 0 Å². The molecule has 5 nitrogen and oxygen atoms in total. The fourth-order valence-electron chi connectivity index (χ4n) is 0.514. The lowest BCUT2D eigenvalue weighted by Crippen LogP contribution is -2.09. The predicted molar refractivity (Wildman–Crippen MR) is 46.5 cm³/mol. The van der Waals surface area contributed by atoms with Gasteiger partial charge in [-0.05, 0) is 6.92 Å². The Morgan fingerprint density at radius 1 is 1.54 bits per heavy atom. The number of amides is 1. The summed E-state index contributed by atoms with van der Waals surface area (Å²) in [5.41, 5.74) is -0.156. The highest BCUT2D eigenvalue weighted by Crippen LogP contribution is 1.93. The molecule has 0 aromatic heterocycles. The van der Waals surface area contributed by atoms with Gasteiger partial charge in [0.2, 0.25) is 5.91 Å². The summed E-state index contributed by atoms with van der Waals surface area (Å²) in [6.07, 6.45) is 1.50. The van der Waals surface area contributed by atoms with Crippen LogP contribution >= 0.6 is 0 Å². The van der Waals surface area contributed by atoms with Crippen LogP contribution < -0.4 is 0 Å². The van der Waals surface area contributed by atoms with E-state index in [1.54, 1.807) is 6.92 Å². The third-order valence-corrected chi connectivity index (χ3v) is 1.04. The van der Waals surface area contributed by atoms with Gasteiger partial charge in [0, 0.05) is 13.1 Å². The molecule has 0 bridgehead atoms. The van der Waals surface area contributed by atoms with Crippen LogP contribution in [0.5, 0.6) is 0 Å². The monoisotopic (exact) mass is 185 g/mol. The summed E-state index contributed by atoms with van der Waals surface area (Å²) < 4.78 is 4.56. The van der Waals surface area contributed by atoms with E-state index >= 15 is 0 Å². The van der Waals surface area contributed by atoms with Crippen molar-refractivity contribution in [3.05, 3.63) is 11.8 Å². The molecule has 1 amide bonds. The van der Waals surface area contributed by atoms with Crippen LogP contribution in [0.25, 0.3) is 0 Å². The fraction of sp³-hybridized carbons (Fsp3) is 0.375. The van der Waals surface area contributed by atoms with Gasteiger partial charge in [-0.25, -0.2) is 9.79 Å². The number of rotatable bonds is 3.